The Balaban J connectivity index is 1.66. The van der Waals surface area contributed by atoms with Gasteiger partial charge in [-0.05, 0) is 43.0 Å². The molecule has 1 aliphatic carbocycles. The van der Waals surface area contributed by atoms with Crippen molar-refractivity contribution in [1.29, 1.82) is 0 Å². The van der Waals surface area contributed by atoms with Gasteiger partial charge in [0.15, 0.2) is 0 Å². The largest absolute Gasteiger partial charge is 0.493 e. The lowest BCUT2D eigenvalue weighted by molar-refractivity contribution is -0.116. The van der Waals surface area contributed by atoms with E-state index in [-0.39, 0.29) is 5.91 Å². The molecule has 1 N–H and O–H groups in total. The number of amides is 1. The number of carbonyl (C=O) groups excluding carboxylic acids is 1. The first-order chi connectivity index (χ1) is 10.2. The van der Waals surface area contributed by atoms with Crippen LogP contribution in [0, 0.1) is 5.41 Å². The molecule has 2 aliphatic rings. The quantitative estimate of drug-likeness (QED) is 0.821. The normalized spacial score (nSPS) is 20.5. The highest BCUT2D eigenvalue weighted by Gasteiger charge is 2.32. The molecule has 4 heteroatoms. The van der Waals surface area contributed by atoms with Crippen LogP contribution in [0.2, 0.25) is 0 Å². The Hall–Kier alpha value is -1.03. The third-order valence-electron chi connectivity index (χ3n) is 4.71. The van der Waals surface area contributed by atoms with Crippen LogP contribution in [0.4, 0.5) is 5.69 Å². The molecule has 1 amide bonds. The van der Waals surface area contributed by atoms with Gasteiger partial charge < -0.3 is 10.1 Å². The van der Waals surface area contributed by atoms with E-state index in [2.05, 4.69) is 27.3 Å². The van der Waals surface area contributed by atoms with Gasteiger partial charge in [0, 0.05) is 22.9 Å². The summed E-state index contributed by atoms with van der Waals surface area (Å²) in [5.74, 6) is 1.03. The SMILES string of the molecule is O=C1CCc2cc(OCC3(CBr)CCCCC3)ccc2N1. The molecule has 3 rings (SSSR count). The molecule has 0 radical (unpaired) electrons. The Kier molecular flexibility index (Phi) is 4.53. The summed E-state index contributed by atoms with van der Waals surface area (Å²) in [4.78, 5) is 11.4. The van der Waals surface area contributed by atoms with Crippen LogP contribution < -0.4 is 10.1 Å². The monoisotopic (exact) mass is 351 g/mol. The number of halogens is 1. The molecule has 1 heterocycles. The average Bonchev–Trinajstić information content (AvgIpc) is 2.54. The van der Waals surface area contributed by atoms with E-state index in [1.165, 1.54) is 37.7 Å². The fourth-order valence-corrected chi connectivity index (χ4v) is 4.03. The maximum absolute atomic E-state index is 11.4. The first-order valence-electron chi connectivity index (χ1n) is 7.82. The van der Waals surface area contributed by atoms with Gasteiger partial charge in [0.2, 0.25) is 5.91 Å². The van der Waals surface area contributed by atoms with E-state index in [1.54, 1.807) is 0 Å². The van der Waals surface area contributed by atoms with Gasteiger partial charge >= 0.3 is 0 Å². The zero-order valence-electron chi connectivity index (χ0n) is 12.3. The fourth-order valence-electron chi connectivity index (χ4n) is 3.30. The minimum atomic E-state index is 0.108. The number of ether oxygens (including phenoxy) is 1. The summed E-state index contributed by atoms with van der Waals surface area (Å²) in [6.45, 7) is 0.781. The summed E-state index contributed by atoms with van der Waals surface area (Å²) in [6, 6.07) is 6.01. The molecule has 3 nitrogen and oxygen atoms in total. The van der Waals surface area contributed by atoms with Crippen LogP contribution in [0.5, 0.6) is 5.75 Å². The number of nitrogens with one attached hydrogen (secondary N) is 1. The molecule has 0 unspecified atom stereocenters. The van der Waals surface area contributed by atoms with Crippen molar-refractivity contribution in [2.45, 2.75) is 44.9 Å². The highest BCUT2D eigenvalue weighted by atomic mass is 79.9. The molecule has 0 atom stereocenters. The molecule has 1 saturated carbocycles. The molecule has 1 fully saturated rings. The van der Waals surface area contributed by atoms with Crippen molar-refractivity contribution >= 4 is 27.5 Å². The third kappa shape index (κ3) is 3.42. The van der Waals surface area contributed by atoms with E-state index < -0.39 is 0 Å². The number of anilines is 1. The summed E-state index contributed by atoms with van der Waals surface area (Å²) in [6.07, 6.45) is 7.85. The highest BCUT2D eigenvalue weighted by molar-refractivity contribution is 9.09. The molecular formula is C17H22BrNO2. The van der Waals surface area contributed by atoms with Crippen LogP contribution in [-0.2, 0) is 11.2 Å². The van der Waals surface area contributed by atoms with Crippen LogP contribution in [0.25, 0.3) is 0 Å². The summed E-state index contributed by atoms with van der Waals surface area (Å²) in [5.41, 5.74) is 2.41. The second-order valence-corrected chi connectivity index (χ2v) is 6.91. The maximum atomic E-state index is 11.4. The second-order valence-electron chi connectivity index (χ2n) is 6.35. The van der Waals surface area contributed by atoms with Gasteiger partial charge in [0.25, 0.3) is 0 Å². The van der Waals surface area contributed by atoms with Crippen molar-refractivity contribution in [3.05, 3.63) is 23.8 Å². The number of rotatable bonds is 4. The molecule has 1 aromatic carbocycles. The van der Waals surface area contributed by atoms with Crippen molar-refractivity contribution in [3.8, 4) is 5.75 Å². The Morgan fingerprint density at radius 1 is 1.19 bits per heavy atom. The zero-order valence-corrected chi connectivity index (χ0v) is 13.9. The van der Waals surface area contributed by atoms with E-state index >= 15 is 0 Å². The van der Waals surface area contributed by atoms with Gasteiger partial charge in [-0.1, -0.05) is 35.2 Å². The highest BCUT2D eigenvalue weighted by Crippen LogP contribution is 2.38. The Morgan fingerprint density at radius 3 is 2.76 bits per heavy atom. The minimum absolute atomic E-state index is 0.108. The number of hydrogen-bond donors (Lipinski definition) is 1. The number of benzene rings is 1. The van der Waals surface area contributed by atoms with E-state index in [0.29, 0.717) is 11.8 Å². The first kappa shape index (κ1) is 14.9. The van der Waals surface area contributed by atoms with Crippen LogP contribution in [0.3, 0.4) is 0 Å². The van der Waals surface area contributed by atoms with Gasteiger partial charge in [-0.15, -0.1) is 0 Å². The number of fused-ring (bicyclic) bond motifs is 1. The van der Waals surface area contributed by atoms with Crippen LogP contribution >= 0.6 is 15.9 Å². The van der Waals surface area contributed by atoms with Crippen molar-refractivity contribution in [2.24, 2.45) is 5.41 Å². The Morgan fingerprint density at radius 2 is 2.00 bits per heavy atom. The van der Waals surface area contributed by atoms with Gasteiger partial charge in [-0.25, -0.2) is 0 Å². The van der Waals surface area contributed by atoms with E-state index in [1.807, 2.05) is 12.1 Å². The molecular weight excluding hydrogens is 330 g/mol. The van der Waals surface area contributed by atoms with Crippen LogP contribution in [-0.4, -0.2) is 17.8 Å². The molecule has 0 spiro atoms. The zero-order chi connectivity index (χ0) is 14.7. The van der Waals surface area contributed by atoms with Gasteiger partial charge in [0.05, 0.1) is 6.61 Å². The number of carbonyl (C=O) groups is 1. The van der Waals surface area contributed by atoms with Crippen LogP contribution in [0.15, 0.2) is 18.2 Å². The number of alkyl halides is 1. The molecule has 114 valence electrons. The summed E-state index contributed by atoms with van der Waals surface area (Å²) in [5, 5.41) is 3.92. The minimum Gasteiger partial charge on any atom is -0.493 e. The van der Waals surface area contributed by atoms with Gasteiger partial charge in [-0.3, -0.25) is 4.79 Å². The Bertz CT molecular complexity index is 524. The first-order valence-corrected chi connectivity index (χ1v) is 8.95. The van der Waals surface area contributed by atoms with Gasteiger partial charge in [0.1, 0.15) is 5.75 Å². The molecule has 1 aromatic rings. The molecule has 0 aromatic heterocycles. The fraction of sp³-hybridized carbons (Fsp3) is 0.588. The predicted octanol–water partition coefficient (Wildman–Crippen LogP) is 4.30. The van der Waals surface area contributed by atoms with E-state index in [0.717, 1.165) is 29.8 Å². The van der Waals surface area contributed by atoms with E-state index in [9.17, 15) is 4.79 Å². The molecule has 0 bridgehead atoms. The molecule has 1 aliphatic heterocycles. The van der Waals surface area contributed by atoms with Crippen molar-refractivity contribution in [1.82, 2.24) is 0 Å². The molecule has 21 heavy (non-hydrogen) atoms. The van der Waals surface area contributed by atoms with Crippen molar-refractivity contribution in [2.75, 3.05) is 17.3 Å². The lowest BCUT2D eigenvalue weighted by Gasteiger charge is -2.35. The van der Waals surface area contributed by atoms with E-state index in [4.69, 9.17) is 4.74 Å². The summed E-state index contributed by atoms with van der Waals surface area (Å²) in [7, 11) is 0. The Labute approximate surface area is 134 Å². The summed E-state index contributed by atoms with van der Waals surface area (Å²) >= 11 is 3.68. The number of hydrogen-bond acceptors (Lipinski definition) is 2. The maximum Gasteiger partial charge on any atom is 0.224 e. The van der Waals surface area contributed by atoms with Gasteiger partial charge in [-0.2, -0.15) is 0 Å². The second kappa shape index (κ2) is 6.39. The predicted molar refractivity (Wildman–Crippen MR) is 88.2 cm³/mol. The standard InChI is InChI=1S/C17H22BrNO2/c18-11-17(8-2-1-3-9-17)12-21-14-5-6-15-13(10-14)4-7-16(20)19-15/h5-6,10H,1-4,7-9,11-12H2,(H,19,20). The third-order valence-corrected chi connectivity index (χ3v) is 5.90. The lowest BCUT2D eigenvalue weighted by atomic mass is 9.76. The lowest BCUT2D eigenvalue weighted by Crippen LogP contribution is -2.32. The van der Waals surface area contributed by atoms with Crippen molar-refractivity contribution in [3.63, 3.8) is 0 Å². The molecule has 0 saturated heterocycles. The number of aryl methyl sites for hydroxylation is 1. The van der Waals surface area contributed by atoms with Crippen LogP contribution in [0.1, 0.15) is 44.1 Å². The average molecular weight is 352 g/mol. The summed E-state index contributed by atoms with van der Waals surface area (Å²) < 4.78 is 6.09. The smallest absolute Gasteiger partial charge is 0.224 e. The topological polar surface area (TPSA) is 38.3 Å². The van der Waals surface area contributed by atoms with Crippen molar-refractivity contribution < 1.29 is 9.53 Å².